The molecule has 10 heteroatoms. The number of alkyl halides is 3. The number of amides is 1. The largest absolute Gasteiger partial charge is 0.471 e. The van der Waals surface area contributed by atoms with Gasteiger partial charge in [0.1, 0.15) is 24.4 Å². The maximum atomic E-state index is 12.5. The van der Waals surface area contributed by atoms with Crippen LogP contribution in [0, 0.1) is 0 Å². The van der Waals surface area contributed by atoms with E-state index in [-0.39, 0.29) is 6.61 Å². The van der Waals surface area contributed by atoms with Gasteiger partial charge in [-0.2, -0.15) is 13.2 Å². The van der Waals surface area contributed by atoms with Crippen LogP contribution in [0.4, 0.5) is 13.2 Å². The molecule has 132 valence electrons. The molecule has 1 amide bonds. The number of carbonyl (C=O) groups excluding carboxylic acids is 1. The number of carbonyl (C=O) groups is 1. The van der Waals surface area contributed by atoms with E-state index in [1.54, 1.807) is 19.2 Å². The van der Waals surface area contributed by atoms with Crippen molar-refractivity contribution in [2.45, 2.75) is 56.5 Å². The number of ether oxygens (including phenoxy) is 4. The third-order valence-corrected chi connectivity index (χ3v) is 3.47. The van der Waals surface area contributed by atoms with Gasteiger partial charge in [0, 0.05) is 0 Å². The van der Waals surface area contributed by atoms with E-state index in [4.69, 9.17) is 18.9 Å². The number of aliphatic hydroxyl groups is 1. The molecule has 0 aromatic carbocycles. The second kappa shape index (κ2) is 6.27. The normalized spacial score (nSPS) is 36.7. The zero-order valence-corrected chi connectivity index (χ0v) is 12.5. The van der Waals surface area contributed by atoms with Gasteiger partial charge in [-0.3, -0.25) is 4.79 Å². The summed E-state index contributed by atoms with van der Waals surface area (Å²) in [7, 11) is 0. The van der Waals surface area contributed by atoms with Gasteiger partial charge in [0.2, 0.25) is 6.29 Å². The molecular weight excluding hydrogens is 323 g/mol. The summed E-state index contributed by atoms with van der Waals surface area (Å²) in [6, 6.07) is -1.49. The number of rotatable bonds is 3. The molecule has 23 heavy (non-hydrogen) atoms. The summed E-state index contributed by atoms with van der Waals surface area (Å²) in [4.78, 5) is 11.2. The number of hydrogen-bond acceptors (Lipinski definition) is 6. The molecule has 2 heterocycles. The van der Waals surface area contributed by atoms with Gasteiger partial charge >= 0.3 is 12.1 Å². The van der Waals surface area contributed by atoms with Crippen LogP contribution in [0.1, 0.15) is 13.8 Å². The number of aliphatic hydroxyl groups excluding tert-OH is 1. The molecule has 2 rings (SSSR count). The monoisotopic (exact) mass is 341 g/mol. The predicted molar refractivity (Wildman–Crippen MR) is 68.8 cm³/mol. The highest BCUT2D eigenvalue weighted by atomic mass is 19.4. The van der Waals surface area contributed by atoms with Crippen molar-refractivity contribution < 1.29 is 42.0 Å². The Labute approximate surface area is 130 Å². The summed E-state index contributed by atoms with van der Waals surface area (Å²) < 4.78 is 58.6. The highest BCUT2D eigenvalue weighted by Gasteiger charge is 2.53. The Kier molecular flexibility index (Phi) is 4.90. The van der Waals surface area contributed by atoms with Crippen LogP contribution in [0.5, 0.6) is 0 Å². The molecule has 0 unspecified atom stereocenters. The van der Waals surface area contributed by atoms with E-state index in [1.165, 1.54) is 0 Å². The standard InChI is InChI=1S/C13H18F3NO6/c1-4-20-10-7(17-11(19)13(14,15)16)8(18)9-6(22-10)5-21-12(2,3)23-9/h4,6-10,18H,1,5H2,2-3H3,(H,17,19)/t6-,7-,8-,9-,10+/m1/s1. The zero-order chi connectivity index (χ0) is 17.4. The van der Waals surface area contributed by atoms with E-state index in [9.17, 15) is 23.1 Å². The first-order valence-electron chi connectivity index (χ1n) is 6.84. The van der Waals surface area contributed by atoms with Gasteiger partial charge < -0.3 is 29.4 Å². The zero-order valence-electron chi connectivity index (χ0n) is 12.5. The number of hydrogen-bond donors (Lipinski definition) is 2. The molecule has 0 aliphatic carbocycles. The fourth-order valence-corrected chi connectivity index (χ4v) is 2.44. The Hall–Kier alpha value is -1.36. The summed E-state index contributed by atoms with van der Waals surface area (Å²) in [6.07, 6.45) is -8.76. The molecule has 2 saturated heterocycles. The second-order valence-electron chi connectivity index (χ2n) is 5.63. The first kappa shape index (κ1) is 18.0. The molecule has 2 N–H and O–H groups in total. The van der Waals surface area contributed by atoms with Gasteiger partial charge in [-0.1, -0.05) is 6.58 Å². The van der Waals surface area contributed by atoms with Crippen LogP contribution in [0.15, 0.2) is 12.8 Å². The lowest BCUT2D eigenvalue weighted by atomic mass is 9.95. The quantitative estimate of drug-likeness (QED) is 0.724. The minimum Gasteiger partial charge on any atom is -0.471 e. The fraction of sp³-hybridized carbons (Fsp3) is 0.769. The van der Waals surface area contributed by atoms with Crippen molar-refractivity contribution in [3.8, 4) is 0 Å². The number of fused-ring (bicyclic) bond motifs is 1. The van der Waals surface area contributed by atoms with Gasteiger partial charge in [-0.05, 0) is 13.8 Å². The lowest BCUT2D eigenvalue weighted by Crippen LogP contribution is -2.69. The molecular formula is C13H18F3NO6. The average Bonchev–Trinajstić information content (AvgIpc) is 2.42. The van der Waals surface area contributed by atoms with Gasteiger partial charge in [0.25, 0.3) is 0 Å². The molecule has 0 bridgehead atoms. The van der Waals surface area contributed by atoms with Gasteiger partial charge in [-0.15, -0.1) is 0 Å². The Balaban J connectivity index is 2.19. The second-order valence-corrected chi connectivity index (χ2v) is 5.63. The molecule has 2 aliphatic heterocycles. The Morgan fingerprint density at radius 2 is 2.13 bits per heavy atom. The van der Waals surface area contributed by atoms with Crippen LogP contribution in [-0.2, 0) is 23.7 Å². The molecule has 0 saturated carbocycles. The number of nitrogens with one attached hydrogen (secondary N) is 1. The van der Waals surface area contributed by atoms with Crippen molar-refractivity contribution in [1.29, 1.82) is 0 Å². The van der Waals surface area contributed by atoms with Crippen LogP contribution in [-0.4, -0.2) is 60.2 Å². The first-order valence-corrected chi connectivity index (χ1v) is 6.84. The van der Waals surface area contributed by atoms with Crippen LogP contribution < -0.4 is 5.32 Å². The van der Waals surface area contributed by atoms with Crippen LogP contribution in [0.2, 0.25) is 0 Å². The van der Waals surface area contributed by atoms with Crippen molar-refractivity contribution in [2.75, 3.05) is 6.61 Å². The summed E-state index contributed by atoms with van der Waals surface area (Å²) in [5.74, 6) is -3.26. The highest BCUT2D eigenvalue weighted by molar-refractivity contribution is 5.82. The van der Waals surface area contributed by atoms with Crippen molar-refractivity contribution >= 4 is 5.91 Å². The Morgan fingerprint density at radius 1 is 1.48 bits per heavy atom. The predicted octanol–water partition coefficient (Wildman–Crippen LogP) is 0.431. The van der Waals surface area contributed by atoms with Crippen LogP contribution in [0.3, 0.4) is 0 Å². The molecule has 2 aliphatic rings. The van der Waals surface area contributed by atoms with Crippen LogP contribution in [0.25, 0.3) is 0 Å². The molecule has 2 fully saturated rings. The minimum atomic E-state index is -5.11. The van der Waals surface area contributed by atoms with E-state index in [1.807, 2.05) is 0 Å². The Bertz CT molecular complexity index is 469. The summed E-state index contributed by atoms with van der Waals surface area (Å²) in [5, 5.41) is 12.0. The van der Waals surface area contributed by atoms with E-state index < -0.39 is 48.5 Å². The Morgan fingerprint density at radius 3 is 2.70 bits per heavy atom. The third kappa shape index (κ3) is 3.94. The van der Waals surface area contributed by atoms with E-state index in [0.29, 0.717) is 0 Å². The van der Waals surface area contributed by atoms with Crippen molar-refractivity contribution in [2.24, 2.45) is 0 Å². The molecule has 0 aromatic rings. The maximum absolute atomic E-state index is 12.5. The molecule has 5 atom stereocenters. The van der Waals surface area contributed by atoms with E-state index in [2.05, 4.69) is 6.58 Å². The molecule has 0 spiro atoms. The molecule has 0 aromatic heterocycles. The summed E-state index contributed by atoms with van der Waals surface area (Å²) >= 11 is 0. The van der Waals surface area contributed by atoms with Crippen molar-refractivity contribution in [1.82, 2.24) is 5.32 Å². The van der Waals surface area contributed by atoms with Gasteiger partial charge in [0.05, 0.1) is 12.9 Å². The lowest BCUT2D eigenvalue weighted by Gasteiger charge is -2.49. The van der Waals surface area contributed by atoms with Crippen LogP contribution >= 0.6 is 0 Å². The van der Waals surface area contributed by atoms with Gasteiger partial charge in [0.15, 0.2) is 5.79 Å². The van der Waals surface area contributed by atoms with Gasteiger partial charge in [-0.25, -0.2) is 0 Å². The van der Waals surface area contributed by atoms with E-state index in [0.717, 1.165) is 6.26 Å². The average molecular weight is 341 g/mol. The first-order chi connectivity index (χ1) is 10.5. The smallest absolute Gasteiger partial charge is 0.471 e. The maximum Gasteiger partial charge on any atom is 0.471 e. The SMILES string of the molecule is C=CO[C@H]1O[C@@H]2COC(C)(C)O[C@H]2[C@H](O)[C@H]1NC(=O)C(F)(F)F. The molecule has 7 nitrogen and oxygen atoms in total. The lowest BCUT2D eigenvalue weighted by molar-refractivity contribution is -0.364. The minimum absolute atomic E-state index is 0.0473. The highest BCUT2D eigenvalue weighted by Crippen LogP contribution is 2.33. The third-order valence-electron chi connectivity index (χ3n) is 3.47. The summed E-state index contributed by atoms with van der Waals surface area (Å²) in [6.45, 7) is 6.51. The summed E-state index contributed by atoms with van der Waals surface area (Å²) in [5.41, 5.74) is 0. The number of halogens is 3. The van der Waals surface area contributed by atoms with Crippen molar-refractivity contribution in [3.05, 3.63) is 12.8 Å². The topological polar surface area (TPSA) is 86.2 Å². The fourth-order valence-electron chi connectivity index (χ4n) is 2.44. The van der Waals surface area contributed by atoms with Crippen molar-refractivity contribution in [3.63, 3.8) is 0 Å². The molecule has 0 radical (unpaired) electrons. The van der Waals surface area contributed by atoms with E-state index >= 15 is 0 Å².